The molecular weight excluding hydrogens is 370 g/mol. The van der Waals surface area contributed by atoms with Crippen molar-refractivity contribution in [2.45, 2.75) is 6.04 Å². The maximum absolute atomic E-state index is 13.0. The van der Waals surface area contributed by atoms with E-state index < -0.39 is 0 Å². The van der Waals surface area contributed by atoms with Gasteiger partial charge in [-0.05, 0) is 46.5 Å². The van der Waals surface area contributed by atoms with Crippen molar-refractivity contribution < 1.29 is 9.53 Å². The van der Waals surface area contributed by atoms with E-state index in [1.165, 1.54) is 0 Å². The minimum atomic E-state index is -0.251. The molecule has 0 aliphatic carbocycles. The van der Waals surface area contributed by atoms with Gasteiger partial charge in [-0.25, -0.2) is 0 Å². The van der Waals surface area contributed by atoms with E-state index in [1.807, 2.05) is 97.1 Å². The zero-order valence-electron chi connectivity index (χ0n) is 16.8. The first kappa shape index (κ1) is 19.5. The number of amides is 1. The van der Waals surface area contributed by atoms with Gasteiger partial charge in [-0.15, -0.1) is 0 Å². The van der Waals surface area contributed by atoms with Crippen LogP contribution in [0.1, 0.15) is 27.5 Å². The van der Waals surface area contributed by atoms with Crippen molar-refractivity contribution in [1.29, 1.82) is 0 Å². The van der Waals surface area contributed by atoms with Crippen molar-refractivity contribution in [3.8, 4) is 16.9 Å². The highest BCUT2D eigenvalue weighted by Crippen LogP contribution is 2.25. The zero-order valence-corrected chi connectivity index (χ0v) is 16.8. The highest BCUT2D eigenvalue weighted by molar-refractivity contribution is 5.95. The molecule has 1 N–H and O–H groups in total. The summed E-state index contributed by atoms with van der Waals surface area (Å²) in [6.45, 7) is 0. The fourth-order valence-electron chi connectivity index (χ4n) is 3.46. The molecule has 0 radical (unpaired) electrons. The Morgan fingerprint density at radius 2 is 1.20 bits per heavy atom. The average molecular weight is 393 g/mol. The first-order valence-electron chi connectivity index (χ1n) is 9.90. The zero-order chi connectivity index (χ0) is 20.8. The number of rotatable bonds is 6. The summed E-state index contributed by atoms with van der Waals surface area (Å²) < 4.78 is 5.27. The smallest absolute Gasteiger partial charge is 0.252 e. The molecule has 3 heteroatoms. The Balaban J connectivity index is 1.58. The van der Waals surface area contributed by atoms with Crippen LogP contribution in [0.4, 0.5) is 0 Å². The summed E-state index contributed by atoms with van der Waals surface area (Å²) in [5.41, 5.74) is 4.86. The molecule has 30 heavy (non-hydrogen) atoms. The predicted octanol–water partition coefficient (Wildman–Crippen LogP) is 5.88. The molecule has 1 amide bonds. The largest absolute Gasteiger partial charge is 0.497 e. The number of methoxy groups -OCH3 is 1. The van der Waals surface area contributed by atoms with Gasteiger partial charge in [-0.2, -0.15) is 0 Å². The number of nitrogens with one attached hydrogen (secondary N) is 1. The van der Waals surface area contributed by atoms with Gasteiger partial charge in [0.15, 0.2) is 0 Å². The number of hydrogen-bond donors (Lipinski definition) is 1. The average Bonchev–Trinajstić information content (AvgIpc) is 2.84. The van der Waals surface area contributed by atoms with Crippen LogP contribution >= 0.6 is 0 Å². The van der Waals surface area contributed by atoms with Crippen LogP contribution < -0.4 is 10.1 Å². The van der Waals surface area contributed by atoms with Crippen LogP contribution in [0.25, 0.3) is 11.1 Å². The molecule has 0 unspecified atom stereocenters. The highest BCUT2D eigenvalue weighted by Gasteiger charge is 2.18. The molecule has 0 aliphatic rings. The van der Waals surface area contributed by atoms with Crippen molar-refractivity contribution in [3.05, 3.63) is 126 Å². The summed E-state index contributed by atoms with van der Waals surface area (Å²) in [5.74, 6) is 0.674. The molecule has 4 aromatic rings. The van der Waals surface area contributed by atoms with Crippen molar-refractivity contribution in [2.24, 2.45) is 0 Å². The molecule has 0 spiro atoms. The lowest BCUT2D eigenvalue weighted by Crippen LogP contribution is -2.29. The third-order valence-electron chi connectivity index (χ3n) is 5.11. The SMILES string of the molecule is COc1ccc([C@@H](NC(=O)c2ccc(-c3ccccc3)cc2)c2ccccc2)cc1. The number of benzene rings is 4. The van der Waals surface area contributed by atoms with Gasteiger partial charge < -0.3 is 10.1 Å². The molecule has 4 aromatic carbocycles. The van der Waals surface area contributed by atoms with E-state index >= 15 is 0 Å². The minimum absolute atomic E-state index is 0.112. The molecule has 0 fully saturated rings. The molecule has 1 atom stereocenters. The van der Waals surface area contributed by atoms with Gasteiger partial charge in [0, 0.05) is 5.56 Å². The van der Waals surface area contributed by atoms with E-state index in [2.05, 4.69) is 17.4 Å². The molecule has 0 saturated carbocycles. The van der Waals surface area contributed by atoms with Gasteiger partial charge in [0.05, 0.1) is 13.2 Å². The second kappa shape index (κ2) is 9.10. The lowest BCUT2D eigenvalue weighted by Gasteiger charge is -2.20. The van der Waals surface area contributed by atoms with Crippen LogP contribution in [0.5, 0.6) is 5.75 Å². The summed E-state index contributed by atoms with van der Waals surface area (Å²) in [4.78, 5) is 13.0. The molecular formula is C27H23NO2. The van der Waals surface area contributed by atoms with Crippen LogP contribution in [-0.2, 0) is 0 Å². The Hall–Kier alpha value is -3.85. The van der Waals surface area contributed by atoms with E-state index in [0.29, 0.717) is 5.56 Å². The monoisotopic (exact) mass is 393 g/mol. The predicted molar refractivity (Wildman–Crippen MR) is 121 cm³/mol. The second-order valence-electron chi connectivity index (χ2n) is 7.03. The summed E-state index contributed by atoms with van der Waals surface area (Å²) >= 11 is 0. The maximum Gasteiger partial charge on any atom is 0.252 e. The number of carbonyl (C=O) groups is 1. The standard InChI is InChI=1S/C27H23NO2/c1-30-25-18-16-23(17-19-25)26(22-10-6-3-7-11-22)28-27(29)24-14-12-21(13-15-24)20-8-4-2-5-9-20/h2-19,26H,1H3,(H,28,29)/t26-/m0/s1. The Morgan fingerprint density at radius 1 is 0.667 bits per heavy atom. The second-order valence-corrected chi connectivity index (χ2v) is 7.03. The molecule has 3 nitrogen and oxygen atoms in total. The molecule has 0 aliphatic heterocycles. The fourth-order valence-corrected chi connectivity index (χ4v) is 3.46. The lowest BCUT2D eigenvalue weighted by atomic mass is 9.98. The number of hydrogen-bond acceptors (Lipinski definition) is 2. The Kier molecular flexibility index (Phi) is 5.90. The fraction of sp³-hybridized carbons (Fsp3) is 0.0741. The van der Waals surface area contributed by atoms with E-state index in [-0.39, 0.29) is 11.9 Å². The topological polar surface area (TPSA) is 38.3 Å². The molecule has 4 rings (SSSR count). The van der Waals surface area contributed by atoms with E-state index in [0.717, 1.165) is 28.0 Å². The summed E-state index contributed by atoms with van der Waals surface area (Å²) in [7, 11) is 1.64. The Bertz CT molecular complexity index is 1090. The first-order chi connectivity index (χ1) is 14.7. The number of carbonyl (C=O) groups excluding carboxylic acids is 1. The first-order valence-corrected chi connectivity index (χ1v) is 9.90. The van der Waals surface area contributed by atoms with Gasteiger partial charge in [-0.3, -0.25) is 4.79 Å². The third kappa shape index (κ3) is 4.41. The van der Waals surface area contributed by atoms with Gasteiger partial charge >= 0.3 is 0 Å². The van der Waals surface area contributed by atoms with Crippen molar-refractivity contribution in [2.75, 3.05) is 7.11 Å². The van der Waals surface area contributed by atoms with Crippen LogP contribution in [0, 0.1) is 0 Å². The minimum Gasteiger partial charge on any atom is -0.497 e. The molecule has 0 heterocycles. The molecule has 148 valence electrons. The van der Waals surface area contributed by atoms with Crippen LogP contribution in [0.2, 0.25) is 0 Å². The summed E-state index contributed by atoms with van der Waals surface area (Å²) in [5, 5.41) is 3.18. The van der Waals surface area contributed by atoms with Crippen LogP contribution in [0.15, 0.2) is 109 Å². The Morgan fingerprint density at radius 3 is 1.80 bits per heavy atom. The Labute approximate surface area is 177 Å². The van der Waals surface area contributed by atoms with Crippen molar-refractivity contribution in [1.82, 2.24) is 5.32 Å². The van der Waals surface area contributed by atoms with Gasteiger partial charge in [0.1, 0.15) is 5.75 Å². The van der Waals surface area contributed by atoms with E-state index in [9.17, 15) is 4.79 Å². The summed E-state index contributed by atoms with van der Waals surface area (Å²) in [6, 6.07) is 35.3. The van der Waals surface area contributed by atoms with Gasteiger partial charge in [0.25, 0.3) is 5.91 Å². The van der Waals surface area contributed by atoms with Gasteiger partial charge in [-0.1, -0.05) is 84.9 Å². The lowest BCUT2D eigenvalue weighted by molar-refractivity contribution is 0.0943. The quantitative estimate of drug-likeness (QED) is 0.444. The van der Waals surface area contributed by atoms with Crippen LogP contribution in [0.3, 0.4) is 0 Å². The highest BCUT2D eigenvalue weighted by atomic mass is 16.5. The van der Waals surface area contributed by atoms with E-state index in [4.69, 9.17) is 4.74 Å². The summed E-state index contributed by atoms with van der Waals surface area (Å²) in [6.07, 6.45) is 0. The third-order valence-corrected chi connectivity index (χ3v) is 5.11. The molecule has 0 bridgehead atoms. The maximum atomic E-state index is 13.0. The van der Waals surface area contributed by atoms with Crippen molar-refractivity contribution in [3.63, 3.8) is 0 Å². The van der Waals surface area contributed by atoms with E-state index in [1.54, 1.807) is 7.11 Å². The molecule has 0 aromatic heterocycles. The number of ether oxygens (including phenoxy) is 1. The van der Waals surface area contributed by atoms with Crippen molar-refractivity contribution >= 4 is 5.91 Å². The van der Waals surface area contributed by atoms with Gasteiger partial charge in [0.2, 0.25) is 0 Å². The normalized spacial score (nSPS) is 11.5. The molecule has 0 saturated heterocycles. The van der Waals surface area contributed by atoms with Crippen LogP contribution in [-0.4, -0.2) is 13.0 Å².